The zero-order chi connectivity index (χ0) is 42.6. The Hall–Kier alpha value is -4.45. The van der Waals surface area contributed by atoms with Gasteiger partial charge in [-0.15, -0.1) is 0 Å². The van der Waals surface area contributed by atoms with E-state index >= 15 is 0 Å². The fourth-order valence-electron chi connectivity index (χ4n) is 11.1. The number of epoxide rings is 1. The zero-order valence-corrected chi connectivity index (χ0v) is 35.0. The summed E-state index contributed by atoms with van der Waals surface area (Å²) in [6.07, 6.45) is 11.3. The molecule has 4 N–H and O–H groups in total. The van der Waals surface area contributed by atoms with E-state index in [0.717, 1.165) is 0 Å². The molecule has 2 saturated carbocycles. The van der Waals surface area contributed by atoms with Crippen LogP contribution in [0.3, 0.4) is 0 Å². The summed E-state index contributed by atoms with van der Waals surface area (Å²) in [6, 6.07) is 3.02. The Morgan fingerprint density at radius 2 is 1.95 bits per heavy atom. The first kappa shape index (κ1) is 42.2. The van der Waals surface area contributed by atoms with Crippen LogP contribution in [0.2, 0.25) is 0 Å². The highest BCUT2D eigenvalue weighted by atomic mass is 16.6. The van der Waals surface area contributed by atoms with E-state index in [1.807, 2.05) is 49.1 Å². The number of hydrogen-bond donors (Lipinski definition) is 4. The van der Waals surface area contributed by atoms with Gasteiger partial charge in [0.05, 0.1) is 56.8 Å². The Morgan fingerprint density at radius 1 is 1.18 bits per heavy atom. The summed E-state index contributed by atoms with van der Waals surface area (Å²) in [5, 5.41) is 29.7. The van der Waals surface area contributed by atoms with Crippen LogP contribution in [0, 0.1) is 22.7 Å². The summed E-state index contributed by atoms with van der Waals surface area (Å²) in [4.78, 5) is 63.3. The molecule has 0 bridgehead atoms. The SMILES string of the molecule is CCOC(=O)C1C(=O)N2C=C(/C=C3\C=C(C(CC4C5(CO5)C(NC(C)C(=O)N5CCOCC5)CC5[C@]4(C)CC[C@@H](O)[C@@]5(C)CO)Nc4ccccn4)C(=O)O3)C=CC2N1C. The smallest absolute Gasteiger partial charge is 0.341 e. The van der Waals surface area contributed by atoms with E-state index in [9.17, 15) is 29.4 Å². The number of likely N-dealkylation sites (N-methyl/N-ethyl adjacent to an activating group) is 1. The standard InChI is InChI=1S/C44H58N6O10/c1-6-58-41(56)37-39(54)50-23-27(10-11-36(50)48(37)5)19-28-20-29(40(55)60-28)30(47-35-9-7-8-14-45-35)21-32-42(3)13-12-34(52)43(4,24-51)31(42)22-33(44(32)25-59-44)46-26(2)38(53)49-15-17-57-18-16-49/h7-11,14,19-20,23,26,30-34,36-37,46,51-52H,6,12-13,15-18,21-22,24-25H2,1-5H3,(H,45,47)/b28-19+/t26?,30?,31?,32?,33?,34-,36?,37?,42+,43+,44?/m1/s1. The van der Waals surface area contributed by atoms with Crippen LogP contribution in [0.25, 0.3) is 0 Å². The molecule has 2 aliphatic carbocycles. The molecule has 2 amide bonds. The average molecular weight is 831 g/mol. The number of cyclic esters (lactones) is 1. The maximum atomic E-state index is 14.0. The summed E-state index contributed by atoms with van der Waals surface area (Å²) in [6.45, 7) is 10.2. The lowest BCUT2D eigenvalue weighted by Crippen LogP contribution is -2.68. The maximum absolute atomic E-state index is 14.0. The number of ether oxygens (including phenoxy) is 4. The number of anilines is 1. The van der Waals surface area contributed by atoms with Gasteiger partial charge in [0.1, 0.15) is 23.3 Å². The molecule has 6 heterocycles. The zero-order valence-electron chi connectivity index (χ0n) is 35.0. The van der Waals surface area contributed by atoms with E-state index < -0.39 is 64.7 Å². The Labute approximate surface area is 350 Å². The predicted octanol–water partition coefficient (Wildman–Crippen LogP) is 1.88. The summed E-state index contributed by atoms with van der Waals surface area (Å²) in [7, 11) is 1.70. The number of nitrogens with one attached hydrogen (secondary N) is 2. The van der Waals surface area contributed by atoms with E-state index in [4.69, 9.17) is 18.9 Å². The van der Waals surface area contributed by atoms with Crippen molar-refractivity contribution in [3.8, 4) is 0 Å². The third kappa shape index (κ3) is 7.38. The Kier molecular flexibility index (Phi) is 11.6. The molecule has 8 unspecified atom stereocenters. The van der Waals surface area contributed by atoms with Crippen molar-refractivity contribution >= 4 is 29.6 Å². The minimum atomic E-state index is -1.07. The van der Waals surface area contributed by atoms with Gasteiger partial charge in [-0.1, -0.05) is 26.0 Å². The van der Waals surface area contributed by atoms with Crippen LogP contribution in [0.5, 0.6) is 0 Å². The number of morpholine rings is 1. The van der Waals surface area contributed by atoms with E-state index in [-0.39, 0.29) is 42.8 Å². The van der Waals surface area contributed by atoms with Gasteiger partial charge < -0.3 is 44.7 Å². The number of amides is 2. The van der Waals surface area contributed by atoms with Crippen LogP contribution >= 0.6 is 0 Å². The number of fused-ring (bicyclic) bond motifs is 2. The molecule has 0 aromatic carbocycles. The Balaban J connectivity index is 1.12. The van der Waals surface area contributed by atoms with Crippen molar-refractivity contribution in [2.45, 2.75) is 95.4 Å². The molecule has 5 aliphatic heterocycles. The highest BCUT2D eigenvalue weighted by molar-refractivity contribution is 6.04. The molecule has 16 heteroatoms. The first-order valence-electron chi connectivity index (χ1n) is 21.2. The summed E-state index contributed by atoms with van der Waals surface area (Å²) in [5.74, 6) is -1.09. The van der Waals surface area contributed by atoms with Crippen molar-refractivity contribution < 1.29 is 48.3 Å². The predicted molar refractivity (Wildman–Crippen MR) is 217 cm³/mol. The minimum absolute atomic E-state index is 0.0150. The Morgan fingerprint density at radius 3 is 2.63 bits per heavy atom. The third-order valence-electron chi connectivity index (χ3n) is 14.5. The Bertz CT molecular complexity index is 1980. The summed E-state index contributed by atoms with van der Waals surface area (Å²) >= 11 is 0. The van der Waals surface area contributed by atoms with Gasteiger partial charge in [-0.25, -0.2) is 14.6 Å². The first-order chi connectivity index (χ1) is 28.7. The molecule has 60 heavy (non-hydrogen) atoms. The van der Waals surface area contributed by atoms with Gasteiger partial charge >= 0.3 is 11.9 Å². The lowest BCUT2D eigenvalue weighted by Gasteiger charge is -2.63. The quantitative estimate of drug-likeness (QED) is 0.136. The van der Waals surface area contributed by atoms with Crippen molar-refractivity contribution in [2.75, 3.05) is 58.5 Å². The number of carbonyl (C=O) groups excluding carboxylic acids is 4. The molecule has 5 fully saturated rings. The van der Waals surface area contributed by atoms with Gasteiger partial charge in [-0.2, -0.15) is 0 Å². The van der Waals surface area contributed by atoms with Gasteiger partial charge in [0.25, 0.3) is 5.91 Å². The fourth-order valence-corrected chi connectivity index (χ4v) is 11.1. The van der Waals surface area contributed by atoms with Gasteiger partial charge in [0, 0.05) is 36.9 Å². The number of esters is 2. The number of aliphatic hydroxyl groups excluding tert-OH is 2. The van der Waals surface area contributed by atoms with Crippen LogP contribution in [0.4, 0.5) is 5.82 Å². The van der Waals surface area contributed by atoms with Gasteiger partial charge in [-0.05, 0) is 99.8 Å². The topological polar surface area (TPSA) is 196 Å². The molecule has 1 aromatic heterocycles. The van der Waals surface area contributed by atoms with Crippen LogP contribution in [-0.2, 0) is 38.1 Å². The first-order valence-corrected chi connectivity index (χ1v) is 21.2. The van der Waals surface area contributed by atoms with Crippen molar-refractivity contribution in [1.82, 2.24) is 25.0 Å². The van der Waals surface area contributed by atoms with Crippen LogP contribution < -0.4 is 10.6 Å². The lowest BCUT2D eigenvalue weighted by atomic mass is 9.43. The highest BCUT2D eigenvalue weighted by Gasteiger charge is 2.71. The summed E-state index contributed by atoms with van der Waals surface area (Å²) < 4.78 is 23.1. The van der Waals surface area contributed by atoms with Gasteiger partial charge in [-0.3, -0.25) is 19.4 Å². The minimum Gasteiger partial charge on any atom is -0.464 e. The average Bonchev–Trinajstić information content (AvgIpc) is 3.89. The molecule has 16 nitrogen and oxygen atoms in total. The van der Waals surface area contributed by atoms with E-state index in [1.165, 1.54) is 4.90 Å². The molecule has 1 aromatic rings. The second kappa shape index (κ2) is 16.4. The number of allylic oxidation sites excluding steroid dienone is 4. The second-order valence-electron chi connectivity index (χ2n) is 17.8. The van der Waals surface area contributed by atoms with E-state index in [2.05, 4.69) is 22.5 Å². The molecule has 11 atom stereocenters. The van der Waals surface area contributed by atoms with Crippen molar-refractivity contribution in [3.05, 3.63) is 71.8 Å². The van der Waals surface area contributed by atoms with Gasteiger partial charge in [0.15, 0.2) is 6.04 Å². The number of carbonyl (C=O) groups is 4. The summed E-state index contributed by atoms with van der Waals surface area (Å²) in [5.41, 5.74) is -0.988. The number of hydrogen-bond acceptors (Lipinski definition) is 14. The van der Waals surface area contributed by atoms with Crippen LogP contribution in [-0.4, -0.2) is 149 Å². The molecular weight excluding hydrogens is 773 g/mol. The van der Waals surface area contributed by atoms with Crippen LogP contribution in [0.1, 0.15) is 53.4 Å². The number of aromatic nitrogens is 1. The van der Waals surface area contributed by atoms with Crippen molar-refractivity contribution in [2.24, 2.45) is 22.7 Å². The molecule has 1 spiro atoms. The maximum Gasteiger partial charge on any atom is 0.341 e. The highest BCUT2D eigenvalue weighted by Crippen LogP contribution is 2.66. The normalized spacial score (nSPS) is 36.6. The second-order valence-corrected chi connectivity index (χ2v) is 17.8. The lowest BCUT2D eigenvalue weighted by molar-refractivity contribution is -0.184. The molecule has 0 radical (unpaired) electrons. The number of pyridine rings is 1. The molecular formula is C44H58N6O10. The largest absolute Gasteiger partial charge is 0.464 e. The molecule has 7 aliphatic rings. The van der Waals surface area contributed by atoms with Gasteiger partial charge in [0.2, 0.25) is 5.91 Å². The molecule has 324 valence electrons. The molecule has 8 rings (SSSR count). The third-order valence-corrected chi connectivity index (χ3v) is 14.5. The number of rotatable bonds is 12. The van der Waals surface area contributed by atoms with E-state index in [1.54, 1.807) is 43.4 Å². The van der Waals surface area contributed by atoms with Crippen molar-refractivity contribution in [3.63, 3.8) is 0 Å². The van der Waals surface area contributed by atoms with E-state index in [0.29, 0.717) is 75.6 Å². The van der Waals surface area contributed by atoms with Crippen molar-refractivity contribution in [1.29, 1.82) is 0 Å². The fraction of sp³-hybridized carbons (Fsp3) is 0.614. The molecule has 3 saturated heterocycles. The van der Waals surface area contributed by atoms with Crippen LogP contribution in [0.15, 0.2) is 71.8 Å². The number of nitrogens with zero attached hydrogens (tertiary/aromatic N) is 4. The number of aliphatic hydroxyl groups is 2. The monoisotopic (exact) mass is 830 g/mol.